The Labute approximate surface area is 113 Å². The van der Waals surface area contributed by atoms with Gasteiger partial charge in [0.15, 0.2) is 0 Å². The smallest absolute Gasteiger partial charge is 0.0766 e. The summed E-state index contributed by atoms with van der Waals surface area (Å²) >= 11 is 3.65. The molecule has 17 heavy (non-hydrogen) atoms. The Hall–Kier alpha value is -0.350. The minimum absolute atomic E-state index is 0.207. The highest BCUT2D eigenvalue weighted by atomic mass is 79.9. The second-order valence-electron chi connectivity index (χ2n) is 5.46. The Morgan fingerprint density at radius 3 is 2.47 bits per heavy atom. The fourth-order valence-corrected chi connectivity index (χ4v) is 2.63. The van der Waals surface area contributed by atoms with Gasteiger partial charge >= 0.3 is 0 Å². The summed E-state index contributed by atoms with van der Waals surface area (Å²) in [5.74, 6) is 0. The van der Waals surface area contributed by atoms with Crippen molar-refractivity contribution in [2.45, 2.75) is 52.5 Å². The Morgan fingerprint density at radius 2 is 2.00 bits per heavy atom. The molecule has 0 spiro atoms. The topological polar surface area (TPSA) is 29.9 Å². The van der Waals surface area contributed by atoms with Gasteiger partial charge in [-0.05, 0) is 62.5 Å². The van der Waals surface area contributed by atoms with Crippen LogP contribution in [0.1, 0.15) is 45.5 Å². The molecule has 98 valence electrons. The number of hydrogen-bond acceptors (Lipinski definition) is 2. The van der Waals surface area contributed by atoms with E-state index < -0.39 is 0 Å². The van der Waals surface area contributed by atoms with Gasteiger partial charge in [0.05, 0.1) is 15.9 Å². The number of aromatic nitrogens is 2. The lowest BCUT2D eigenvalue weighted by Gasteiger charge is -2.20. The molecule has 1 rings (SSSR count). The second-order valence-corrected chi connectivity index (χ2v) is 6.26. The van der Waals surface area contributed by atoms with Crippen molar-refractivity contribution in [3.8, 4) is 0 Å². The Balaban J connectivity index is 2.50. The van der Waals surface area contributed by atoms with E-state index in [1.807, 2.05) is 11.7 Å². The lowest BCUT2D eigenvalue weighted by atomic mass is 10.1. The van der Waals surface area contributed by atoms with E-state index in [1.165, 1.54) is 10.2 Å². The molecule has 0 amide bonds. The van der Waals surface area contributed by atoms with Gasteiger partial charge in [-0.1, -0.05) is 6.92 Å². The van der Waals surface area contributed by atoms with E-state index in [2.05, 4.69) is 54.0 Å². The van der Waals surface area contributed by atoms with Gasteiger partial charge in [0.2, 0.25) is 0 Å². The van der Waals surface area contributed by atoms with E-state index in [4.69, 9.17) is 0 Å². The zero-order chi connectivity index (χ0) is 13.1. The molecule has 4 heteroatoms. The van der Waals surface area contributed by atoms with Crippen molar-refractivity contribution >= 4 is 15.9 Å². The molecule has 0 aliphatic rings. The first-order valence-electron chi connectivity index (χ1n) is 6.30. The molecular weight excluding hydrogens is 278 g/mol. The number of nitrogens with one attached hydrogen (secondary N) is 1. The SMILES string of the molecule is CCc1nn(C)c(CCCNC(C)(C)C)c1Br. The van der Waals surface area contributed by atoms with Crippen LogP contribution in [0.15, 0.2) is 4.47 Å². The van der Waals surface area contributed by atoms with E-state index in [0.29, 0.717) is 0 Å². The third-order valence-electron chi connectivity index (χ3n) is 2.75. The second kappa shape index (κ2) is 6.01. The maximum Gasteiger partial charge on any atom is 0.0766 e. The van der Waals surface area contributed by atoms with Crippen LogP contribution in [0.2, 0.25) is 0 Å². The summed E-state index contributed by atoms with van der Waals surface area (Å²) < 4.78 is 3.19. The van der Waals surface area contributed by atoms with E-state index >= 15 is 0 Å². The van der Waals surface area contributed by atoms with Crippen molar-refractivity contribution in [1.29, 1.82) is 0 Å². The third kappa shape index (κ3) is 4.43. The van der Waals surface area contributed by atoms with Crippen molar-refractivity contribution in [1.82, 2.24) is 15.1 Å². The van der Waals surface area contributed by atoms with E-state index in [-0.39, 0.29) is 5.54 Å². The molecule has 0 radical (unpaired) electrons. The normalized spacial score (nSPS) is 12.1. The summed E-state index contributed by atoms with van der Waals surface area (Å²) in [5, 5.41) is 8.01. The molecule has 1 heterocycles. The average molecular weight is 302 g/mol. The molecule has 0 atom stereocenters. The van der Waals surface area contributed by atoms with Crippen molar-refractivity contribution < 1.29 is 0 Å². The molecule has 0 saturated carbocycles. The minimum atomic E-state index is 0.207. The number of halogens is 1. The molecule has 0 saturated heterocycles. The van der Waals surface area contributed by atoms with Gasteiger partial charge in [-0.3, -0.25) is 4.68 Å². The fourth-order valence-electron chi connectivity index (χ4n) is 1.81. The molecule has 0 fully saturated rings. The predicted molar refractivity (Wildman–Crippen MR) is 76.4 cm³/mol. The first-order valence-corrected chi connectivity index (χ1v) is 7.09. The molecule has 0 bridgehead atoms. The summed E-state index contributed by atoms with van der Waals surface area (Å²) in [5.41, 5.74) is 2.67. The highest BCUT2D eigenvalue weighted by molar-refractivity contribution is 9.10. The van der Waals surface area contributed by atoms with Crippen molar-refractivity contribution in [2.75, 3.05) is 6.54 Å². The molecule has 3 nitrogen and oxygen atoms in total. The van der Waals surface area contributed by atoms with Gasteiger partial charge in [0.25, 0.3) is 0 Å². The first-order chi connectivity index (χ1) is 7.85. The first kappa shape index (κ1) is 14.7. The van der Waals surface area contributed by atoms with E-state index in [0.717, 1.165) is 31.5 Å². The van der Waals surface area contributed by atoms with Gasteiger partial charge in [-0.25, -0.2) is 0 Å². The Bertz CT molecular complexity index is 363. The summed E-state index contributed by atoms with van der Waals surface area (Å²) in [6.45, 7) is 9.77. The Kier molecular flexibility index (Phi) is 5.20. The van der Waals surface area contributed by atoms with Crippen molar-refractivity contribution in [3.63, 3.8) is 0 Å². The number of aryl methyl sites for hydroxylation is 2. The molecule has 1 aromatic heterocycles. The zero-order valence-corrected chi connectivity index (χ0v) is 13.2. The maximum absolute atomic E-state index is 4.51. The average Bonchev–Trinajstić information content (AvgIpc) is 2.48. The third-order valence-corrected chi connectivity index (χ3v) is 3.66. The lowest BCUT2D eigenvalue weighted by Crippen LogP contribution is -2.36. The molecule has 0 aromatic carbocycles. The molecule has 0 unspecified atom stereocenters. The molecule has 1 N–H and O–H groups in total. The summed E-state index contributed by atoms with van der Waals surface area (Å²) in [6.07, 6.45) is 3.18. The van der Waals surface area contributed by atoms with Crippen LogP contribution >= 0.6 is 15.9 Å². The largest absolute Gasteiger partial charge is 0.312 e. The molecular formula is C13H24BrN3. The van der Waals surface area contributed by atoms with Crippen molar-refractivity contribution in [3.05, 3.63) is 15.9 Å². The van der Waals surface area contributed by atoms with Crippen molar-refractivity contribution in [2.24, 2.45) is 7.05 Å². The van der Waals surface area contributed by atoms with Gasteiger partial charge in [0, 0.05) is 12.6 Å². The maximum atomic E-state index is 4.51. The van der Waals surface area contributed by atoms with Crippen LogP contribution in [-0.4, -0.2) is 21.9 Å². The zero-order valence-electron chi connectivity index (χ0n) is 11.6. The highest BCUT2D eigenvalue weighted by Gasteiger charge is 2.12. The fraction of sp³-hybridized carbons (Fsp3) is 0.769. The van der Waals surface area contributed by atoms with Gasteiger partial charge in [0.1, 0.15) is 0 Å². The molecule has 0 aliphatic heterocycles. The van der Waals surface area contributed by atoms with Crippen LogP contribution in [0.4, 0.5) is 0 Å². The van der Waals surface area contributed by atoms with E-state index in [1.54, 1.807) is 0 Å². The van der Waals surface area contributed by atoms with Gasteiger partial charge < -0.3 is 5.32 Å². The number of hydrogen-bond donors (Lipinski definition) is 1. The van der Waals surface area contributed by atoms with Crippen LogP contribution in [-0.2, 0) is 19.9 Å². The van der Waals surface area contributed by atoms with Gasteiger partial charge in [-0.2, -0.15) is 5.10 Å². The van der Waals surface area contributed by atoms with Crippen LogP contribution in [0.25, 0.3) is 0 Å². The summed E-state index contributed by atoms with van der Waals surface area (Å²) in [4.78, 5) is 0. The number of nitrogens with zero attached hydrogens (tertiary/aromatic N) is 2. The predicted octanol–water partition coefficient (Wildman–Crippen LogP) is 3.07. The Morgan fingerprint density at radius 1 is 1.35 bits per heavy atom. The quantitative estimate of drug-likeness (QED) is 0.847. The van der Waals surface area contributed by atoms with Crippen LogP contribution in [0.5, 0.6) is 0 Å². The molecule has 1 aromatic rings. The highest BCUT2D eigenvalue weighted by Crippen LogP contribution is 2.22. The van der Waals surface area contributed by atoms with Crippen LogP contribution in [0.3, 0.4) is 0 Å². The van der Waals surface area contributed by atoms with Gasteiger partial charge in [-0.15, -0.1) is 0 Å². The summed E-state index contributed by atoms with van der Waals surface area (Å²) in [7, 11) is 2.02. The van der Waals surface area contributed by atoms with Crippen LogP contribution in [0, 0.1) is 0 Å². The summed E-state index contributed by atoms with van der Waals surface area (Å²) in [6, 6.07) is 0. The number of rotatable bonds is 5. The minimum Gasteiger partial charge on any atom is -0.312 e. The monoisotopic (exact) mass is 301 g/mol. The standard InChI is InChI=1S/C13H24BrN3/c1-6-10-12(14)11(17(5)16-10)8-7-9-15-13(2,3)4/h15H,6-9H2,1-5H3. The van der Waals surface area contributed by atoms with E-state index in [9.17, 15) is 0 Å². The lowest BCUT2D eigenvalue weighted by molar-refractivity contribution is 0.421. The molecule has 0 aliphatic carbocycles. The van der Waals surface area contributed by atoms with Crippen LogP contribution < -0.4 is 5.32 Å².